The van der Waals surface area contributed by atoms with Gasteiger partial charge in [0.2, 0.25) is 0 Å². The lowest BCUT2D eigenvalue weighted by Gasteiger charge is -2.05. The highest BCUT2D eigenvalue weighted by molar-refractivity contribution is 5.70. The number of hydrogen-bond acceptors (Lipinski definition) is 5. The van der Waals surface area contributed by atoms with Crippen LogP contribution in [0.25, 0.3) is 0 Å². The monoisotopic (exact) mass is 212 g/mol. The Balaban J connectivity index is 2.94. The van der Waals surface area contributed by atoms with Gasteiger partial charge in [0, 0.05) is 6.07 Å². The summed E-state index contributed by atoms with van der Waals surface area (Å²) in [5.74, 6) is -1.19. The first-order chi connectivity index (χ1) is 7.02. The Morgan fingerprint density at radius 2 is 2.27 bits per heavy atom. The third-order valence-corrected chi connectivity index (χ3v) is 1.59. The topological polar surface area (TPSA) is 116 Å². The van der Waals surface area contributed by atoms with E-state index in [-0.39, 0.29) is 17.1 Å². The number of para-hydroxylation sites is 1. The first kappa shape index (κ1) is 10.8. The summed E-state index contributed by atoms with van der Waals surface area (Å²) >= 11 is 0. The minimum atomic E-state index is -1.18. The van der Waals surface area contributed by atoms with Gasteiger partial charge in [-0.25, -0.2) is 4.79 Å². The van der Waals surface area contributed by atoms with Gasteiger partial charge in [0.25, 0.3) is 5.69 Å². The minimum Gasteiger partial charge on any atom is -0.479 e. The van der Waals surface area contributed by atoms with Crippen molar-refractivity contribution >= 4 is 17.3 Å². The number of benzene rings is 1. The Kier molecular flexibility index (Phi) is 3.06. The van der Waals surface area contributed by atoms with E-state index in [4.69, 9.17) is 15.6 Å². The molecule has 0 saturated carbocycles. The highest BCUT2D eigenvalue weighted by Gasteiger charge is 2.15. The summed E-state index contributed by atoms with van der Waals surface area (Å²) in [5.41, 5.74) is 4.93. The molecule has 0 aromatic heterocycles. The van der Waals surface area contributed by atoms with Crippen LogP contribution in [0.4, 0.5) is 11.4 Å². The molecule has 0 fully saturated rings. The Morgan fingerprint density at radius 1 is 1.60 bits per heavy atom. The molecule has 1 rings (SSSR count). The number of aliphatic carboxylic acids is 1. The van der Waals surface area contributed by atoms with Crippen molar-refractivity contribution in [3.8, 4) is 5.75 Å². The van der Waals surface area contributed by atoms with Crippen molar-refractivity contribution in [1.82, 2.24) is 0 Å². The van der Waals surface area contributed by atoms with E-state index >= 15 is 0 Å². The number of carboxylic acids is 1. The van der Waals surface area contributed by atoms with Gasteiger partial charge in [-0.1, -0.05) is 6.07 Å². The molecule has 3 N–H and O–H groups in total. The smallest absolute Gasteiger partial charge is 0.341 e. The molecule has 0 aliphatic carbocycles. The summed E-state index contributed by atoms with van der Waals surface area (Å²) in [5, 5.41) is 18.8. The second kappa shape index (κ2) is 4.27. The SMILES string of the molecule is Nc1c(OCC(=O)O)cccc1[N+](=O)[O-]. The number of nitro benzene ring substituents is 1. The zero-order valence-corrected chi connectivity index (χ0v) is 7.54. The molecule has 0 saturated heterocycles. The molecule has 0 unspecified atom stereocenters. The van der Waals surface area contributed by atoms with E-state index in [0.717, 1.165) is 0 Å². The fourth-order valence-electron chi connectivity index (χ4n) is 0.957. The van der Waals surface area contributed by atoms with Gasteiger partial charge in [0.05, 0.1) is 4.92 Å². The number of nitro groups is 1. The molecule has 7 heteroatoms. The molecule has 0 aliphatic heterocycles. The van der Waals surface area contributed by atoms with E-state index in [0.29, 0.717) is 0 Å². The number of anilines is 1. The molecule has 15 heavy (non-hydrogen) atoms. The standard InChI is InChI=1S/C8H8N2O5/c9-8-5(10(13)14)2-1-3-6(8)15-4-7(11)12/h1-3H,4,9H2,(H,11,12). The number of nitrogens with two attached hydrogens (primary N) is 1. The first-order valence-electron chi connectivity index (χ1n) is 3.90. The largest absolute Gasteiger partial charge is 0.479 e. The quantitative estimate of drug-likeness (QED) is 0.429. The summed E-state index contributed by atoms with van der Waals surface area (Å²) < 4.78 is 4.76. The van der Waals surface area contributed by atoms with Gasteiger partial charge >= 0.3 is 5.97 Å². The van der Waals surface area contributed by atoms with E-state index in [2.05, 4.69) is 0 Å². The van der Waals surface area contributed by atoms with E-state index in [1.165, 1.54) is 18.2 Å². The predicted molar refractivity (Wildman–Crippen MR) is 50.6 cm³/mol. The highest BCUT2D eigenvalue weighted by Crippen LogP contribution is 2.30. The molecule has 0 atom stereocenters. The molecule has 0 radical (unpaired) electrons. The molecular weight excluding hydrogens is 204 g/mol. The second-order valence-electron chi connectivity index (χ2n) is 2.63. The second-order valence-corrected chi connectivity index (χ2v) is 2.63. The van der Waals surface area contributed by atoms with E-state index in [9.17, 15) is 14.9 Å². The van der Waals surface area contributed by atoms with Gasteiger partial charge < -0.3 is 15.6 Å². The maximum absolute atomic E-state index is 10.5. The van der Waals surface area contributed by atoms with Crippen LogP contribution in [0, 0.1) is 10.1 Å². The Labute approximate surface area is 84.2 Å². The van der Waals surface area contributed by atoms with Gasteiger partial charge in [-0.15, -0.1) is 0 Å². The lowest BCUT2D eigenvalue weighted by atomic mass is 10.2. The molecule has 0 heterocycles. The minimum absolute atomic E-state index is 0.00778. The van der Waals surface area contributed by atoms with Crippen LogP contribution in [0.5, 0.6) is 5.75 Å². The normalized spacial score (nSPS) is 9.60. The molecular formula is C8H8N2O5. The van der Waals surface area contributed by atoms with Crippen molar-refractivity contribution in [1.29, 1.82) is 0 Å². The van der Waals surface area contributed by atoms with Crippen LogP contribution in [0.3, 0.4) is 0 Å². The van der Waals surface area contributed by atoms with Crippen LogP contribution < -0.4 is 10.5 Å². The highest BCUT2D eigenvalue weighted by atomic mass is 16.6. The number of hydrogen-bond donors (Lipinski definition) is 2. The van der Waals surface area contributed by atoms with Crippen LogP contribution in [0.1, 0.15) is 0 Å². The van der Waals surface area contributed by atoms with Crippen LogP contribution in [0.15, 0.2) is 18.2 Å². The number of carbonyl (C=O) groups is 1. The third-order valence-electron chi connectivity index (χ3n) is 1.59. The fraction of sp³-hybridized carbons (Fsp3) is 0.125. The molecule has 80 valence electrons. The van der Waals surface area contributed by atoms with Gasteiger partial charge in [-0.05, 0) is 6.07 Å². The molecule has 0 amide bonds. The van der Waals surface area contributed by atoms with Crippen LogP contribution in [-0.2, 0) is 4.79 Å². The predicted octanol–water partition coefficient (Wildman–Crippen LogP) is 0.640. The zero-order valence-electron chi connectivity index (χ0n) is 7.54. The molecule has 0 bridgehead atoms. The number of carboxylic acid groups (broad SMARTS) is 1. The van der Waals surface area contributed by atoms with Crippen molar-refractivity contribution in [2.75, 3.05) is 12.3 Å². The summed E-state index contributed by atoms with van der Waals surface area (Å²) in [6.45, 7) is -0.592. The summed E-state index contributed by atoms with van der Waals surface area (Å²) in [7, 11) is 0. The van der Waals surface area contributed by atoms with Crippen molar-refractivity contribution in [2.24, 2.45) is 0 Å². The third kappa shape index (κ3) is 2.56. The lowest BCUT2D eigenvalue weighted by Crippen LogP contribution is -2.10. The maximum Gasteiger partial charge on any atom is 0.341 e. The van der Waals surface area contributed by atoms with Crippen molar-refractivity contribution in [2.45, 2.75) is 0 Å². The van der Waals surface area contributed by atoms with Crippen molar-refractivity contribution < 1.29 is 19.6 Å². The van der Waals surface area contributed by atoms with E-state index in [1.807, 2.05) is 0 Å². The Hall–Kier alpha value is -2.31. The van der Waals surface area contributed by atoms with Crippen LogP contribution in [-0.4, -0.2) is 22.6 Å². The Morgan fingerprint density at radius 3 is 2.80 bits per heavy atom. The number of nitrogen functional groups attached to an aromatic ring is 1. The zero-order chi connectivity index (χ0) is 11.4. The fourth-order valence-corrected chi connectivity index (χ4v) is 0.957. The van der Waals surface area contributed by atoms with Gasteiger partial charge in [-0.3, -0.25) is 10.1 Å². The van der Waals surface area contributed by atoms with Crippen molar-refractivity contribution in [3.63, 3.8) is 0 Å². The van der Waals surface area contributed by atoms with Gasteiger partial charge in [0.15, 0.2) is 12.3 Å². The number of ether oxygens (including phenoxy) is 1. The summed E-state index contributed by atoms with van der Waals surface area (Å²) in [6.07, 6.45) is 0. The molecule has 1 aromatic rings. The summed E-state index contributed by atoms with van der Waals surface area (Å²) in [4.78, 5) is 20.0. The Bertz CT molecular complexity index is 404. The lowest BCUT2D eigenvalue weighted by molar-refractivity contribution is -0.384. The van der Waals surface area contributed by atoms with Crippen LogP contribution in [0.2, 0.25) is 0 Å². The molecule has 0 aliphatic rings. The summed E-state index contributed by atoms with van der Waals surface area (Å²) in [6, 6.07) is 3.94. The van der Waals surface area contributed by atoms with Crippen molar-refractivity contribution in [3.05, 3.63) is 28.3 Å². The average Bonchev–Trinajstić information content (AvgIpc) is 2.15. The van der Waals surface area contributed by atoms with Gasteiger partial charge in [0.1, 0.15) is 5.75 Å². The van der Waals surface area contributed by atoms with E-state index < -0.39 is 17.5 Å². The maximum atomic E-state index is 10.5. The molecule has 7 nitrogen and oxygen atoms in total. The van der Waals surface area contributed by atoms with Crippen LogP contribution >= 0.6 is 0 Å². The average molecular weight is 212 g/mol. The number of rotatable bonds is 4. The first-order valence-corrected chi connectivity index (χ1v) is 3.90. The molecule has 0 spiro atoms. The van der Waals surface area contributed by atoms with E-state index in [1.54, 1.807) is 0 Å². The molecule has 1 aromatic carbocycles. The van der Waals surface area contributed by atoms with Gasteiger partial charge in [-0.2, -0.15) is 0 Å². The number of nitrogens with zero attached hydrogens (tertiary/aromatic N) is 1.